The fourth-order valence-electron chi connectivity index (χ4n) is 2.88. The number of nitrogens with zero attached hydrogens (tertiary/aromatic N) is 3. The summed E-state index contributed by atoms with van der Waals surface area (Å²) in [7, 11) is 1.72. The van der Waals surface area contributed by atoms with Gasteiger partial charge >= 0.3 is 0 Å². The van der Waals surface area contributed by atoms with Crippen LogP contribution in [0.25, 0.3) is 0 Å². The van der Waals surface area contributed by atoms with E-state index in [0.717, 1.165) is 22.4 Å². The molecule has 1 unspecified atom stereocenters. The maximum Gasteiger partial charge on any atom is 0.191 e. The van der Waals surface area contributed by atoms with Crippen molar-refractivity contribution in [2.45, 2.75) is 25.9 Å². The first kappa shape index (κ1) is 20.8. The van der Waals surface area contributed by atoms with E-state index in [2.05, 4.69) is 20.6 Å². The molecule has 2 aromatic rings. The van der Waals surface area contributed by atoms with Gasteiger partial charge in [-0.2, -0.15) is 0 Å². The van der Waals surface area contributed by atoms with Gasteiger partial charge in [-0.05, 0) is 25.5 Å². The largest absolute Gasteiger partial charge is 0.367 e. The Bertz CT molecular complexity index is 767. The average Bonchev–Trinajstić information content (AvgIpc) is 3.20. The number of aryl methyl sites for hydroxylation is 1. The molecule has 5 nitrogen and oxygen atoms in total. The van der Waals surface area contributed by atoms with Gasteiger partial charge in [0.15, 0.2) is 5.96 Å². The van der Waals surface area contributed by atoms with Crippen molar-refractivity contribution in [1.29, 1.82) is 0 Å². The van der Waals surface area contributed by atoms with Gasteiger partial charge in [0.05, 0.1) is 17.2 Å². The quantitative estimate of drug-likeness (QED) is 0.390. The number of aliphatic imine (C=N–C) groups is 1. The molecule has 0 radical (unpaired) electrons. The van der Waals surface area contributed by atoms with Crippen LogP contribution in [0.3, 0.4) is 0 Å². The van der Waals surface area contributed by atoms with Crippen LogP contribution in [-0.4, -0.2) is 37.1 Å². The highest BCUT2D eigenvalue weighted by atomic mass is 127. The molecule has 1 atom stereocenters. The number of rotatable bonds is 4. The minimum Gasteiger partial charge on any atom is -0.367 e. The highest BCUT2D eigenvalue weighted by Gasteiger charge is 2.25. The van der Waals surface area contributed by atoms with Crippen molar-refractivity contribution in [3.8, 4) is 0 Å². The van der Waals surface area contributed by atoms with Gasteiger partial charge in [0.1, 0.15) is 11.6 Å². The molecule has 142 valence electrons. The number of guanidine groups is 1. The summed E-state index contributed by atoms with van der Waals surface area (Å²) in [6.07, 6.45) is 2.71. The van der Waals surface area contributed by atoms with E-state index >= 15 is 0 Å². The molecule has 0 aliphatic carbocycles. The summed E-state index contributed by atoms with van der Waals surface area (Å²) in [5.41, 5.74) is 0.439. The Balaban J connectivity index is 0.00000243. The van der Waals surface area contributed by atoms with Crippen molar-refractivity contribution < 1.29 is 8.78 Å². The van der Waals surface area contributed by atoms with Gasteiger partial charge in [-0.1, -0.05) is 0 Å². The molecule has 26 heavy (non-hydrogen) atoms. The van der Waals surface area contributed by atoms with Crippen LogP contribution in [0, 0.1) is 18.6 Å². The van der Waals surface area contributed by atoms with Gasteiger partial charge < -0.3 is 15.5 Å². The molecule has 3 rings (SSSR count). The minimum atomic E-state index is -0.557. The van der Waals surface area contributed by atoms with E-state index in [1.807, 2.05) is 18.0 Å². The van der Waals surface area contributed by atoms with E-state index < -0.39 is 11.6 Å². The fraction of sp³-hybridized carbons (Fsp3) is 0.412. The van der Waals surface area contributed by atoms with Crippen molar-refractivity contribution in [1.82, 2.24) is 15.6 Å². The Hall–Kier alpha value is -1.49. The summed E-state index contributed by atoms with van der Waals surface area (Å²) >= 11 is 1.65. The van der Waals surface area contributed by atoms with Gasteiger partial charge in [0, 0.05) is 43.3 Å². The molecular formula is C17H22F2IN5S. The van der Waals surface area contributed by atoms with Crippen LogP contribution in [0.1, 0.15) is 16.3 Å². The Morgan fingerprint density at radius 2 is 2.23 bits per heavy atom. The highest BCUT2D eigenvalue weighted by Crippen LogP contribution is 2.24. The lowest BCUT2D eigenvalue weighted by Crippen LogP contribution is -2.44. The molecule has 2 heterocycles. The zero-order valence-electron chi connectivity index (χ0n) is 14.6. The number of aromatic nitrogens is 1. The topological polar surface area (TPSA) is 52.6 Å². The third-order valence-electron chi connectivity index (χ3n) is 4.10. The predicted octanol–water partition coefficient (Wildman–Crippen LogP) is 3.29. The van der Waals surface area contributed by atoms with E-state index in [1.165, 1.54) is 12.1 Å². The normalized spacial score (nSPS) is 17.2. The Morgan fingerprint density at radius 1 is 1.42 bits per heavy atom. The second-order valence-corrected chi connectivity index (χ2v) is 7.26. The first-order chi connectivity index (χ1) is 12.0. The van der Waals surface area contributed by atoms with Crippen LogP contribution in [0.2, 0.25) is 0 Å². The zero-order chi connectivity index (χ0) is 17.8. The Labute approximate surface area is 172 Å². The Morgan fingerprint density at radius 3 is 2.88 bits per heavy atom. The lowest BCUT2D eigenvalue weighted by atomic mass is 10.2. The number of hydrogen-bond acceptors (Lipinski definition) is 4. The predicted molar refractivity (Wildman–Crippen MR) is 113 cm³/mol. The van der Waals surface area contributed by atoms with Crippen LogP contribution in [-0.2, 0) is 6.54 Å². The van der Waals surface area contributed by atoms with Crippen LogP contribution < -0.4 is 15.5 Å². The monoisotopic (exact) mass is 493 g/mol. The number of thiazole rings is 1. The summed E-state index contributed by atoms with van der Waals surface area (Å²) in [4.78, 5) is 11.5. The van der Waals surface area contributed by atoms with E-state index in [4.69, 9.17) is 0 Å². The maximum atomic E-state index is 13.9. The molecule has 0 bridgehead atoms. The minimum absolute atomic E-state index is 0. The first-order valence-corrected chi connectivity index (χ1v) is 8.95. The average molecular weight is 493 g/mol. The third kappa shape index (κ3) is 5.26. The maximum absolute atomic E-state index is 13.9. The van der Waals surface area contributed by atoms with Gasteiger partial charge in [-0.25, -0.2) is 13.8 Å². The van der Waals surface area contributed by atoms with Gasteiger partial charge in [-0.3, -0.25) is 4.99 Å². The summed E-state index contributed by atoms with van der Waals surface area (Å²) in [6, 6.07) is 3.86. The molecule has 1 aromatic carbocycles. The molecule has 1 aliphatic rings. The molecule has 1 saturated heterocycles. The first-order valence-electron chi connectivity index (χ1n) is 8.13. The molecule has 0 spiro atoms. The highest BCUT2D eigenvalue weighted by molar-refractivity contribution is 14.0. The molecule has 0 saturated carbocycles. The number of nitrogens with one attached hydrogen (secondary N) is 2. The number of hydrogen-bond donors (Lipinski definition) is 2. The number of anilines is 1. The molecule has 1 aromatic heterocycles. The molecule has 0 amide bonds. The van der Waals surface area contributed by atoms with Crippen LogP contribution in [0.15, 0.2) is 29.4 Å². The van der Waals surface area contributed by atoms with E-state index in [1.54, 1.807) is 18.4 Å². The van der Waals surface area contributed by atoms with Crippen LogP contribution in [0.5, 0.6) is 0 Å². The lowest BCUT2D eigenvalue weighted by Gasteiger charge is -2.20. The van der Waals surface area contributed by atoms with Crippen LogP contribution >= 0.6 is 35.3 Å². The van der Waals surface area contributed by atoms with Gasteiger partial charge in [0.25, 0.3) is 0 Å². The third-order valence-corrected chi connectivity index (χ3v) is 5.02. The summed E-state index contributed by atoms with van der Waals surface area (Å²) in [6.45, 7) is 3.99. The van der Waals surface area contributed by atoms with E-state index in [-0.39, 0.29) is 30.0 Å². The second kappa shape index (κ2) is 9.45. The SMILES string of the molecule is CN=C(NCc1cnc(C)s1)NC1CCN(c2ccc(F)cc2F)C1.I. The molecule has 9 heteroatoms. The van der Waals surface area contributed by atoms with Crippen molar-refractivity contribution in [2.75, 3.05) is 25.0 Å². The van der Waals surface area contributed by atoms with Crippen molar-refractivity contribution in [2.24, 2.45) is 4.99 Å². The standard InChI is InChI=1S/C17H21F2N5S.HI/c1-11-21-8-14(25-11)9-22-17(20-2)23-13-5-6-24(10-13)16-4-3-12(18)7-15(16)19;/h3-4,7-8,13H,5-6,9-10H2,1-2H3,(H2,20,22,23);1H. The summed E-state index contributed by atoms with van der Waals surface area (Å²) in [5.74, 6) is -0.376. The summed E-state index contributed by atoms with van der Waals surface area (Å²) < 4.78 is 27.0. The lowest BCUT2D eigenvalue weighted by molar-refractivity contribution is 0.580. The summed E-state index contributed by atoms with van der Waals surface area (Å²) in [5, 5.41) is 7.66. The van der Waals surface area contributed by atoms with E-state index in [0.29, 0.717) is 31.3 Å². The second-order valence-electron chi connectivity index (χ2n) is 5.94. The van der Waals surface area contributed by atoms with Crippen molar-refractivity contribution in [3.63, 3.8) is 0 Å². The Kier molecular flexibility index (Phi) is 7.56. The molecular weight excluding hydrogens is 471 g/mol. The van der Waals surface area contributed by atoms with Crippen molar-refractivity contribution in [3.05, 3.63) is 45.9 Å². The number of benzene rings is 1. The smallest absolute Gasteiger partial charge is 0.191 e. The molecule has 1 aliphatic heterocycles. The van der Waals surface area contributed by atoms with Gasteiger partial charge in [-0.15, -0.1) is 35.3 Å². The molecule has 2 N–H and O–H groups in total. The number of halogens is 3. The fourth-order valence-corrected chi connectivity index (χ4v) is 3.62. The molecule has 1 fully saturated rings. The van der Waals surface area contributed by atoms with E-state index in [9.17, 15) is 8.78 Å². The zero-order valence-corrected chi connectivity index (χ0v) is 17.8. The van der Waals surface area contributed by atoms with Gasteiger partial charge in [0.2, 0.25) is 0 Å². The van der Waals surface area contributed by atoms with Crippen LogP contribution in [0.4, 0.5) is 14.5 Å². The van der Waals surface area contributed by atoms with Crippen molar-refractivity contribution >= 4 is 47.0 Å².